The molecular weight excluding hydrogens is 308 g/mol. The van der Waals surface area contributed by atoms with Crippen LogP contribution in [0.25, 0.3) is 10.9 Å². The molecule has 1 fully saturated rings. The van der Waals surface area contributed by atoms with Crippen molar-refractivity contribution in [2.45, 2.75) is 13.0 Å². The van der Waals surface area contributed by atoms with Crippen molar-refractivity contribution < 1.29 is 13.9 Å². The molecule has 1 aliphatic heterocycles. The second-order valence-corrected chi connectivity index (χ2v) is 5.93. The summed E-state index contributed by atoms with van der Waals surface area (Å²) in [6.45, 7) is 3.14. The largest absolute Gasteiger partial charge is 0.423 e. The van der Waals surface area contributed by atoms with Crippen LogP contribution in [-0.2, 0) is 11.8 Å². The van der Waals surface area contributed by atoms with Crippen LogP contribution in [0.4, 0.5) is 0 Å². The molecule has 124 valence electrons. The van der Waals surface area contributed by atoms with Gasteiger partial charge in [0.1, 0.15) is 0 Å². The van der Waals surface area contributed by atoms with E-state index < -0.39 is 0 Å². The lowest BCUT2D eigenvalue weighted by molar-refractivity contribution is -0.0348. The average Bonchev–Trinajstić information content (AvgIpc) is 3.21. The van der Waals surface area contributed by atoms with Gasteiger partial charge in [-0.25, -0.2) is 0 Å². The van der Waals surface area contributed by atoms with Gasteiger partial charge in [-0.15, -0.1) is 10.2 Å². The molecule has 1 amide bonds. The molecule has 1 aliphatic rings. The molecular formula is C17H18N4O3. The highest BCUT2D eigenvalue weighted by molar-refractivity contribution is 6.06. The van der Waals surface area contributed by atoms with E-state index in [1.807, 2.05) is 42.1 Å². The van der Waals surface area contributed by atoms with E-state index in [-0.39, 0.29) is 12.0 Å². The second-order valence-electron chi connectivity index (χ2n) is 5.93. The first-order valence-electron chi connectivity index (χ1n) is 7.88. The number of morpholine rings is 1. The smallest absolute Gasteiger partial charge is 0.254 e. The second kappa shape index (κ2) is 5.76. The zero-order valence-corrected chi connectivity index (χ0v) is 13.6. The van der Waals surface area contributed by atoms with Crippen LogP contribution in [0.1, 0.15) is 28.2 Å². The van der Waals surface area contributed by atoms with Gasteiger partial charge in [-0.2, -0.15) is 0 Å². The lowest BCUT2D eigenvalue weighted by atomic mass is 10.1. The molecule has 7 nitrogen and oxygen atoms in total. The van der Waals surface area contributed by atoms with Crippen molar-refractivity contribution in [3.63, 3.8) is 0 Å². The van der Waals surface area contributed by atoms with Gasteiger partial charge in [0.2, 0.25) is 11.8 Å². The van der Waals surface area contributed by atoms with E-state index in [2.05, 4.69) is 10.2 Å². The maximum Gasteiger partial charge on any atom is 0.254 e. The first kappa shape index (κ1) is 14.9. The summed E-state index contributed by atoms with van der Waals surface area (Å²) in [5, 5.41) is 8.80. The number of hydrogen-bond acceptors (Lipinski definition) is 5. The Morgan fingerprint density at radius 1 is 1.29 bits per heavy atom. The zero-order chi connectivity index (χ0) is 16.7. The molecule has 0 N–H and O–H groups in total. The molecule has 1 saturated heterocycles. The van der Waals surface area contributed by atoms with Gasteiger partial charge in [-0.3, -0.25) is 4.79 Å². The highest BCUT2D eigenvalue weighted by Crippen LogP contribution is 2.25. The van der Waals surface area contributed by atoms with E-state index in [0.29, 0.717) is 37.0 Å². The Kier molecular flexibility index (Phi) is 3.57. The number of aryl methyl sites for hydroxylation is 2. The van der Waals surface area contributed by atoms with Crippen LogP contribution in [0.15, 0.2) is 34.9 Å². The van der Waals surface area contributed by atoms with Crippen LogP contribution < -0.4 is 0 Å². The molecule has 0 saturated carbocycles. The molecule has 1 aromatic carbocycles. The molecule has 1 atom stereocenters. The number of hydrogen-bond donors (Lipinski definition) is 0. The van der Waals surface area contributed by atoms with Crippen LogP contribution in [0.5, 0.6) is 0 Å². The van der Waals surface area contributed by atoms with Gasteiger partial charge in [0.05, 0.1) is 13.2 Å². The predicted molar refractivity (Wildman–Crippen MR) is 86.6 cm³/mol. The summed E-state index contributed by atoms with van der Waals surface area (Å²) in [7, 11) is 1.97. The van der Waals surface area contributed by atoms with Gasteiger partial charge < -0.3 is 18.6 Å². The molecule has 3 heterocycles. The number of rotatable bonds is 2. The third-order valence-electron chi connectivity index (χ3n) is 4.33. The van der Waals surface area contributed by atoms with Crippen LogP contribution in [0.2, 0.25) is 0 Å². The number of carbonyl (C=O) groups excluding carboxylic acids is 1. The summed E-state index contributed by atoms with van der Waals surface area (Å²) in [5.41, 5.74) is 1.74. The van der Waals surface area contributed by atoms with Crippen LogP contribution in [0.3, 0.4) is 0 Å². The summed E-state index contributed by atoms with van der Waals surface area (Å²) in [5.74, 6) is 0.908. The fourth-order valence-electron chi connectivity index (χ4n) is 3.08. The maximum atomic E-state index is 13.0. The number of nitrogens with zero attached hydrogens (tertiary/aromatic N) is 4. The van der Waals surface area contributed by atoms with Crippen molar-refractivity contribution >= 4 is 16.8 Å². The summed E-state index contributed by atoms with van der Waals surface area (Å²) in [4.78, 5) is 14.8. The van der Waals surface area contributed by atoms with E-state index in [4.69, 9.17) is 9.15 Å². The normalized spacial score (nSPS) is 18.2. The lowest BCUT2D eigenvalue weighted by Gasteiger charge is -2.31. The molecule has 1 unspecified atom stereocenters. The minimum atomic E-state index is -0.376. The Hall–Kier alpha value is -2.67. The number of carbonyl (C=O) groups is 1. The van der Waals surface area contributed by atoms with Gasteiger partial charge >= 0.3 is 0 Å². The Bertz CT molecular complexity index is 898. The van der Waals surface area contributed by atoms with Crippen LogP contribution in [0, 0.1) is 6.92 Å². The molecule has 2 aromatic heterocycles. The monoisotopic (exact) mass is 326 g/mol. The minimum absolute atomic E-state index is 0.00339. The van der Waals surface area contributed by atoms with Gasteiger partial charge in [0.15, 0.2) is 6.10 Å². The third-order valence-corrected chi connectivity index (χ3v) is 4.33. The number of fused-ring (bicyclic) bond motifs is 1. The molecule has 24 heavy (non-hydrogen) atoms. The maximum absolute atomic E-state index is 13.0. The van der Waals surface area contributed by atoms with Crippen molar-refractivity contribution in [1.29, 1.82) is 0 Å². The number of aromatic nitrogens is 3. The highest BCUT2D eigenvalue weighted by atomic mass is 16.5. The number of benzene rings is 1. The summed E-state index contributed by atoms with van der Waals surface area (Å²) < 4.78 is 13.1. The Balaban J connectivity index is 1.61. The van der Waals surface area contributed by atoms with Crippen molar-refractivity contribution in [2.24, 2.45) is 7.05 Å². The first-order chi connectivity index (χ1) is 11.6. The summed E-state index contributed by atoms with van der Waals surface area (Å²) in [6, 6.07) is 7.76. The molecule has 0 spiro atoms. The van der Waals surface area contributed by atoms with Gasteiger partial charge in [-0.05, 0) is 18.2 Å². The lowest BCUT2D eigenvalue weighted by Crippen LogP contribution is -2.42. The van der Waals surface area contributed by atoms with Crippen molar-refractivity contribution in [2.75, 3.05) is 19.7 Å². The van der Waals surface area contributed by atoms with Crippen LogP contribution in [-0.4, -0.2) is 45.3 Å². The van der Waals surface area contributed by atoms with Crippen molar-refractivity contribution in [3.05, 3.63) is 47.8 Å². The van der Waals surface area contributed by atoms with Gasteiger partial charge in [0.25, 0.3) is 5.91 Å². The van der Waals surface area contributed by atoms with Crippen LogP contribution >= 0.6 is 0 Å². The molecule has 0 radical (unpaired) electrons. The Labute approximate surface area is 138 Å². The fraction of sp³-hybridized carbons (Fsp3) is 0.353. The van der Waals surface area contributed by atoms with E-state index in [1.165, 1.54) is 0 Å². The SMILES string of the molecule is Cc1nnc(C2CN(C(=O)c3cccc4c3ccn4C)CCO2)o1. The first-order valence-corrected chi connectivity index (χ1v) is 7.88. The molecule has 3 aromatic rings. The fourth-order valence-corrected chi connectivity index (χ4v) is 3.08. The minimum Gasteiger partial charge on any atom is -0.423 e. The van der Waals surface area contributed by atoms with Crippen molar-refractivity contribution in [3.8, 4) is 0 Å². The van der Waals surface area contributed by atoms with E-state index in [0.717, 1.165) is 10.9 Å². The Morgan fingerprint density at radius 3 is 2.96 bits per heavy atom. The molecule has 7 heteroatoms. The quantitative estimate of drug-likeness (QED) is 0.721. The molecule has 0 aliphatic carbocycles. The zero-order valence-electron chi connectivity index (χ0n) is 13.6. The van der Waals surface area contributed by atoms with E-state index >= 15 is 0 Å². The molecule has 4 rings (SSSR count). The Morgan fingerprint density at radius 2 is 2.17 bits per heavy atom. The van der Waals surface area contributed by atoms with E-state index in [1.54, 1.807) is 11.8 Å². The predicted octanol–water partition coefficient (Wildman–Crippen LogP) is 2.08. The summed E-state index contributed by atoms with van der Waals surface area (Å²) in [6.07, 6.45) is 1.59. The molecule has 0 bridgehead atoms. The standard InChI is InChI=1S/C17H18N4O3/c1-11-18-19-16(24-11)15-10-21(8-9-23-15)17(22)13-4-3-5-14-12(13)6-7-20(14)2/h3-7,15H,8-10H2,1-2H3. The topological polar surface area (TPSA) is 73.4 Å². The van der Waals surface area contributed by atoms with Gasteiger partial charge in [0, 0.05) is 43.2 Å². The number of amides is 1. The number of ether oxygens (including phenoxy) is 1. The summed E-state index contributed by atoms with van der Waals surface area (Å²) >= 11 is 0. The van der Waals surface area contributed by atoms with Gasteiger partial charge in [-0.1, -0.05) is 6.07 Å². The van der Waals surface area contributed by atoms with E-state index in [9.17, 15) is 4.79 Å². The van der Waals surface area contributed by atoms with Crippen molar-refractivity contribution in [1.82, 2.24) is 19.7 Å². The third kappa shape index (κ3) is 2.46. The average molecular weight is 326 g/mol. The highest BCUT2D eigenvalue weighted by Gasteiger charge is 2.30.